The Morgan fingerprint density at radius 3 is 2.34 bits per heavy atom. The number of carbonyl (C=O) groups excluding carboxylic acids is 1. The molecule has 35 heavy (non-hydrogen) atoms. The second kappa shape index (κ2) is 10.3. The van der Waals surface area contributed by atoms with E-state index in [9.17, 15) is 4.79 Å². The summed E-state index contributed by atoms with van der Waals surface area (Å²) in [6.07, 6.45) is 3.90. The van der Waals surface area contributed by atoms with Crippen LogP contribution < -0.4 is 4.74 Å². The molecular weight excluding hydrogens is 474 g/mol. The van der Waals surface area contributed by atoms with Crippen molar-refractivity contribution in [1.29, 1.82) is 0 Å². The molecule has 5 rings (SSSR count). The topological polar surface area (TPSA) is 29.5 Å². The van der Waals surface area contributed by atoms with Crippen molar-refractivity contribution in [2.75, 3.05) is 0 Å². The van der Waals surface area contributed by atoms with Gasteiger partial charge >= 0.3 is 0 Å². The third kappa shape index (κ3) is 5.39. The second-order valence-electron chi connectivity index (χ2n) is 9.97. The van der Waals surface area contributed by atoms with Crippen LogP contribution in [-0.2, 0) is 5.75 Å². The quantitative estimate of drug-likeness (QED) is 0.320. The summed E-state index contributed by atoms with van der Waals surface area (Å²) in [4.78, 5) is 16.8. The first-order chi connectivity index (χ1) is 16.9. The number of aryl methyl sites for hydroxylation is 3. The van der Waals surface area contributed by atoms with Gasteiger partial charge in [0.05, 0.1) is 5.02 Å². The zero-order valence-corrected chi connectivity index (χ0v) is 22.2. The van der Waals surface area contributed by atoms with Crippen LogP contribution in [0.4, 0.5) is 0 Å². The molecule has 5 heteroatoms. The van der Waals surface area contributed by atoms with E-state index < -0.39 is 0 Å². The fourth-order valence-electron chi connectivity index (χ4n) is 5.30. The number of carbonyl (C=O) groups is 1. The molecule has 2 aliphatic heterocycles. The molecule has 2 atom stereocenters. The molecule has 0 spiro atoms. The largest absolute Gasteiger partial charge is 0.489 e. The van der Waals surface area contributed by atoms with Gasteiger partial charge in [-0.15, -0.1) is 11.8 Å². The molecule has 2 heterocycles. The molecule has 2 aliphatic rings. The van der Waals surface area contributed by atoms with Crippen molar-refractivity contribution in [3.63, 3.8) is 0 Å². The van der Waals surface area contributed by atoms with Gasteiger partial charge in [0, 0.05) is 41.1 Å². The first kappa shape index (κ1) is 24.3. The Morgan fingerprint density at radius 1 is 0.943 bits per heavy atom. The van der Waals surface area contributed by atoms with Crippen molar-refractivity contribution in [3.8, 4) is 5.75 Å². The molecule has 0 aromatic heterocycles. The first-order valence-corrected chi connectivity index (χ1v) is 13.8. The number of halogens is 1. The molecule has 1 amide bonds. The molecule has 2 fully saturated rings. The van der Waals surface area contributed by atoms with Crippen molar-refractivity contribution in [3.05, 3.63) is 93.5 Å². The van der Waals surface area contributed by atoms with Crippen LogP contribution >= 0.6 is 23.4 Å². The lowest BCUT2D eigenvalue weighted by atomic mass is 9.98. The minimum Gasteiger partial charge on any atom is -0.489 e. The number of fused-ring (bicyclic) bond motifs is 2. The van der Waals surface area contributed by atoms with Gasteiger partial charge in [-0.05, 0) is 92.3 Å². The summed E-state index contributed by atoms with van der Waals surface area (Å²) >= 11 is 8.19. The monoisotopic (exact) mass is 505 g/mol. The van der Waals surface area contributed by atoms with Gasteiger partial charge in [-0.3, -0.25) is 4.79 Å². The number of ether oxygens (including phenoxy) is 1. The van der Waals surface area contributed by atoms with Crippen LogP contribution in [-0.4, -0.2) is 29.0 Å². The maximum absolute atomic E-state index is 13.4. The van der Waals surface area contributed by atoms with Gasteiger partial charge in [-0.1, -0.05) is 35.9 Å². The molecule has 0 aliphatic carbocycles. The van der Waals surface area contributed by atoms with E-state index in [4.69, 9.17) is 16.3 Å². The van der Waals surface area contributed by atoms with Crippen LogP contribution in [0.1, 0.15) is 58.3 Å². The Labute approximate surface area is 217 Å². The SMILES string of the molecule is Cc1ccc(Cl)c(OC2CC3CCC(C2)N3C(=O)c2ccc(CSc3ccc(C)c(C)c3)cc2)c1. The fraction of sp³-hybridized carbons (Fsp3) is 0.367. The molecule has 3 aromatic rings. The van der Waals surface area contributed by atoms with Crippen molar-refractivity contribution in [2.24, 2.45) is 0 Å². The molecule has 0 saturated carbocycles. The minimum atomic E-state index is 0.0978. The van der Waals surface area contributed by atoms with Crippen LogP contribution in [0.2, 0.25) is 5.02 Å². The summed E-state index contributed by atoms with van der Waals surface area (Å²) in [5.74, 6) is 1.80. The molecule has 2 unspecified atom stereocenters. The van der Waals surface area contributed by atoms with Gasteiger partial charge in [0.1, 0.15) is 11.9 Å². The van der Waals surface area contributed by atoms with Gasteiger partial charge in [0.25, 0.3) is 5.91 Å². The highest BCUT2D eigenvalue weighted by atomic mass is 35.5. The molecule has 2 saturated heterocycles. The zero-order valence-electron chi connectivity index (χ0n) is 20.6. The number of amides is 1. The second-order valence-corrected chi connectivity index (χ2v) is 11.4. The van der Waals surface area contributed by atoms with Crippen LogP contribution in [0.25, 0.3) is 0 Å². The summed E-state index contributed by atoms with van der Waals surface area (Å²) in [5.41, 5.74) is 5.79. The number of benzene rings is 3. The number of nitrogens with zero attached hydrogens (tertiary/aromatic N) is 1. The standard InChI is InChI=1S/C30H32ClNO2S/c1-19-4-13-28(31)29(14-19)34-26-16-24-10-11-25(17-26)32(24)30(33)23-8-6-22(7-9-23)18-35-27-12-5-20(2)21(3)15-27/h4-9,12-15,24-26H,10-11,16-18H2,1-3H3. The highest BCUT2D eigenvalue weighted by Crippen LogP contribution is 2.39. The summed E-state index contributed by atoms with van der Waals surface area (Å²) in [7, 11) is 0. The van der Waals surface area contributed by atoms with E-state index in [1.807, 2.05) is 49.0 Å². The van der Waals surface area contributed by atoms with Gasteiger partial charge < -0.3 is 9.64 Å². The minimum absolute atomic E-state index is 0.0978. The summed E-state index contributed by atoms with van der Waals surface area (Å²) in [6, 6.07) is 21.1. The van der Waals surface area contributed by atoms with Crippen molar-refractivity contribution in [1.82, 2.24) is 4.90 Å². The number of piperidine rings is 1. The smallest absolute Gasteiger partial charge is 0.254 e. The fourth-order valence-corrected chi connectivity index (χ4v) is 6.41. The Morgan fingerprint density at radius 2 is 1.66 bits per heavy atom. The molecule has 2 bridgehead atoms. The molecular formula is C30H32ClNO2S. The van der Waals surface area contributed by atoms with E-state index in [1.54, 1.807) is 0 Å². The Hall–Kier alpha value is -2.43. The Bertz CT molecular complexity index is 1210. The van der Waals surface area contributed by atoms with Gasteiger partial charge in [-0.2, -0.15) is 0 Å². The number of hydrogen-bond donors (Lipinski definition) is 0. The van der Waals surface area contributed by atoms with E-state index in [0.717, 1.165) is 48.3 Å². The van der Waals surface area contributed by atoms with E-state index in [-0.39, 0.29) is 24.1 Å². The number of thioether (sulfide) groups is 1. The lowest BCUT2D eigenvalue weighted by Crippen LogP contribution is -2.49. The molecule has 0 N–H and O–H groups in total. The van der Waals surface area contributed by atoms with E-state index >= 15 is 0 Å². The highest BCUT2D eigenvalue weighted by molar-refractivity contribution is 7.98. The zero-order chi connectivity index (χ0) is 24.5. The van der Waals surface area contributed by atoms with Gasteiger partial charge in [-0.25, -0.2) is 0 Å². The normalized spacial score (nSPS) is 21.3. The number of hydrogen-bond acceptors (Lipinski definition) is 3. The molecule has 182 valence electrons. The van der Waals surface area contributed by atoms with Gasteiger partial charge in [0.15, 0.2) is 0 Å². The molecule has 0 radical (unpaired) electrons. The van der Waals surface area contributed by atoms with Crippen LogP contribution in [0, 0.1) is 20.8 Å². The van der Waals surface area contributed by atoms with Crippen LogP contribution in [0.5, 0.6) is 5.75 Å². The summed E-state index contributed by atoms with van der Waals surface area (Å²) in [5, 5.41) is 0.650. The third-order valence-electron chi connectivity index (χ3n) is 7.39. The average molecular weight is 506 g/mol. The predicted octanol–water partition coefficient (Wildman–Crippen LogP) is 7.77. The summed E-state index contributed by atoms with van der Waals surface area (Å²) < 4.78 is 6.30. The number of rotatable bonds is 6. The molecule has 3 nitrogen and oxygen atoms in total. The molecule has 3 aromatic carbocycles. The first-order valence-electron chi connectivity index (χ1n) is 12.4. The predicted molar refractivity (Wildman–Crippen MR) is 145 cm³/mol. The maximum Gasteiger partial charge on any atom is 0.254 e. The lowest BCUT2D eigenvalue weighted by molar-refractivity contribution is 0.0359. The van der Waals surface area contributed by atoms with Crippen molar-refractivity contribution in [2.45, 2.75) is 75.3 Å². The maximum atomic E-state index is 13.4. The third-order valence-corrected chi connectivity index (χ3v) is 8.77. The van der Waals surface area contributed by atoms with E-state index in [0.29, 0.717) is 5.02 Å². The van der Waals surface area contributed by atoms with Crippen LogP contribution in [0.3, 0.4) is 0 Å². The Kier molecular flexibility index (Phi) is 7.13. The van der Waals surface area contributed by atoms with E-state index in [2.05, 4.69) is 49.1 Å². The van der Waals surface area contributed by atoms with E-state index in [1.165, 1.54) is 21.6 Å². The van der Waals surface area contributed by atoms with Crippen LogP contribution in [0.15, 0.2) is 65.6 Å². The average Bonchev–Trinajstić information content (AvgIpc) is 3.12. The lowest BCUT2D eigenvalue weighted by Gasteiger charge is -2.39. The Balaban J connectivity index is 1.20. The highest BCUT2D eigenvalue weighted by Gasteiger charge is 2.44. The van der Waals surface area contributed by atoms with Gasteiger partial charge in [0.2, 0.25) is 0 Å². The van der Waals surface area contributed by atoms with Crippen molar-refractivity contribution < 1.29 is 9.53 Å². The van der Waals surface area contributed by atoms with Crippen molar-refractivity contribution >= 4 is 29.3 Å². The summed E-state index contributed by atoms with van der Waals surface area (Å²) in [6.45, 7) is 6.34.